The van der Waals surface area contributed by atoms with Gasteiger partial charge in [-0.05, 0) is 44.5 Å². The number of amides is 2. The lowest BCUT2D eigenvalue weighted by atomic mass is 10.1. The van der Waals surface area contributed by atoms with Gasteiger partial charge in [0, 0.05) is 30.6 Å². The van der Waals surface area contributed by atoms with Gasteiger partial charge in [0.1, 0.15) is 0 Å². The maximum atomic E-state index is 12.4. The van der Waals surface area contributed by atoms with Crippen LogP contribution in [-0.2, 0) is 11.3 Å². The van der Waals surface area contributed by atoms with Gasteiger partial charge < -0.3 is 15.1 Å². The van der Waals surface area contributed by atoms with E-state index in [2.05, 4.69) is 10.6 Å². The van der Waals surface area contributed by atoms with Gasteiger partial charge in [0.05, 0.1) is 27.2 Å². The molecule has 0 unspecified atom stereocenters. The third kappa shape index (κ3) is 5.33. The van der Waals surface area contributed by atoms with E-state index in [1.54, 1.807) is 6.07 Å². The molecule has 11 heteroatoms. The number of aromatic nitrogens is 1. The van der Waals surface area contributed by atoms with E-state index in [0.29, 0.717) is 23.2 Å². The van der Waals surface area contributed by atoms with E-state index in [4.69, 9.17) is 16.0 Å². The van der Waals surface area contributed by atoms with Gasteiger partial charge in [-0.25, -0.2) is 4.79 Å². The largest absolute Gasteiger partial charge is 0.419 e. The van der Waals surface area contributed by atoms with Gasteiger partial charge in [0.15, 0.2) is 5.58 Å². The van der Waals surface area contributed by atoms with Crippen LogP contribution in [0.4, 0.5) is 11.4 Å². The summed E-state index contributed by atoms with van der Waals surface area (Å²) < 4.78 is 6.38. The number of nitrogens with one attached hydrogen (secondary N) is 2. The summed E-state index contributed by atoms with van der Waals surface area (Å²) in [7, 11) is 0. The predicted octanol–water partition coefficient (Wildman–Crippen LogP) is 3.71. The highest BCUT2D eigenvalue weighted by molar-refractivity contribution is 6.33. The second-order valence-electron chi connectivity index (χ2n) is 7.40. The first kappa shape index (κ1) is 23.0. The Bertz CT molecular complexity index is 1250. The fraction of sp³-hybridized carbons (Fsp3) is 0.286. The molecule has 0 atom stereocenters. The van der Waals surface area contributed by atoms with Crippen molar-refractivity contribution < 1.29 is 18.9 Å². The van der Waals surface area contributed by atoms with Gasteiger partial charge in [0.2, 0.25) is 5.91 Å². The minimum Gasteiger partial charge on any atom is -0.407 e. The van der Waals surface area contributed by atoms with Crippen LogP contribution in [0.2, 0.25) is 5.02 Å². The molecule has 0 saturated carbocycles. The molecule has 32 heavy (non-hydrogen) atoms. The molecule has 2 amide bonds. The summed E-state index contributed by atoms with van der Waals surface area (Å²) in [6.07, 6.45) is 0.382. The third-order valence-electron chi connectivity index (χ3n) is 4.57. The van der Waals surface area contributed by atoms with Crippen LogP contribution in [0.3, 0.4) is 0 Å². The monoisotopic (exact) mass is 460 g/mol. The Morgan fingerprint density at radius 2 is 1.97 bits per heavy atom. The van der Waals surface area contributed by atoms with E-state index in [9.17, 15) is 24.5 Å². The van der Waals surface area contributed by atoms with Gasteiger partial charge in [-0.15, -0.1) is 0 Å². The lowest BCUT2D eigenvalue weighted by molar-refractivity contribution is -0.384. The van der Waals surface area contributed by atoms with Crippen molar-refractivity contribution in [1.29, 1.82) is 0 Å². The van der Waals surface area contributed by atoms with Crippen LogP contribution >= 0.6 is 11.6 Å². The summed E-state index contributed by atoms with van der Waals surface area (Å²) in [6.45, 7) is 3.86. The molecule has 3 aromatic rings. The Labute approximate surface area is 187 Å². The normalized spacial score (nSPS) is 11.0. The second kappa shape index (κ2) is 9.65. The van der Waals surface area contributed by atoms with Gasteiger partial charge in [-0.2, -0.15) is 0 Å². The first-order valence-electron chi connectivity index (χ1n) is 9.83. The van der Waals surface area contributed by atoms with Crippen molar-refractivity contribution in [2.24, 2.45) is 0 Å². The van der Waals surface area contributed by atoms with Crippen LogP contribution in [-0.4, -0.2) is 27.3 Å². The van der Waals surface area contributed by atoms with Crippen molar-refractivity contribution in [1.82, 2.24) is 9.88 Å². The number of benzene rings is 2. The fourth-order valence-electron chi connectivity index (χ4n) is 3.10. The molecule has 10 nitrogen and oxygen atoms in total. The molecule has 0 aliphatic carbocycles. The van der Waals surface area contributed by atoms with Crippen molar-refractivity contribution in [3.63, 3.8) is 0 Å². The zero-order valence-corrected chi connectivity index (χ0v) is 18.1. The zero-order valence-electron chi connectivity index (χ0n) is 17.4. The number of halogens is 1. The Morgan fingerprint density at radius 3 is 2.66 bits per heavy atom. The average Bonchev–Trinajstić information content (AvgIpc) is 3.03. The number of non-ortho nitro benzene ring substituents is 1. The number of rotatable bonds is 8. The van der Waals surface area contributed by atoms with Gasteiger partial charge in [0.25, 0.3) is 11.6 Å². The van der Waals surface area contributed by atoms with Crippen LogP contribution in [0, 0.1) is 10.1 Å². The molecule has 0 bridgehead atoms. The standard InChI is InChI=1S/C21H21ClN4O6/c1-12(2)23-20(28)13-5-7-15(22)16(10-13)24-19(27)4-3-9-25-17-8-6-14(26(30)31)11-18(17)32-21(25)29/h5-8,10-12H,3-4,9H2,1-2H3,(H,23,28)(H,24,27). The van der Waals surface area contributed by atoms with Crippen molar-refractivity contribution in [3.05, 3.63) is 67.6 Å². The van der Waals surface area contributed by atoms with Crippen LogP contribution in [0.5, 0.6) is 0 Å². The Balaban J connectivity index is 1.64. The molecule has 168 valence electrons. The molecule has 0 spiro atoms. The third-order valence-corrected chi connectivity index (χ3v) is 4.90. The summed E-state index contributed by atoms with van der Waals surface area (Å²) in [6, 6.07) is 8.46. The number of carbonyl (C=O) groups is 2. The number of hydrogen-bond donors (Lipinski definition) is 2. The van der Waals surface area contributed by atoms with E-state index in [-0.39, 0.29) is 47.1 Å². The van der Waals surface area contributed by atoms with E-state index < -0.39 is 10.7 Å². The minimum absolute atomic E-state index is 0.0373. The number of fused-ring (bicyclic) bond motifs is 1. The molecular weight excluding hydrogens is 440 g/mol. The lowest BCUT2D eigenvalue weighted by Crippen LogP contribution is -2.30. The fourth-order valence-corrected chi connectivity index (χ4v) is 3.26. The summed E-state index contributed by atoms with van der Waals surface area (Å²) in [4.78, 5) is 46.9. The summed E-state index contributed by atoms with van der Waals surface area (Å²) in [5.74, 6) is -1.28. The van der Waals surface area contributed by atoms with Crippen molar-refractivity contribution >= 4 is 45.9 Å². The molecule has 0 fully saturated rings. The minimum atomic E-state index is -0.659. The summed E-state index contributed by atoms with van der Waals surface area (Å²) >= 11 is 6.13. The maximum Gasteiger partial charge on any atom is 0.419 e. The number of anilines is 1. The number of oxazole rings is 1. The van der Waals surface area contributed by atoms with Crippen molar-refractivity contribution in [3.8, 4) is 0 Å². The topological polar surface area (TPSA) is 136 Å². The van der Waals surface area contributed by atoms with Crippen LogP contribution in [0.25, 0.3) is 11.1 Å². The highest BCUT2D eigenvalue weighted by Crippen LogP contribution is 2.24. The molecule has 2 N–H and O–H groups in total. The quantitative estimate of drug-likeness (QED) is 0.388. The summed E-state index contributed by atoms with van der Waals surface area (Å²) in [5.41, 5.74) is 1.01. The number of aryl methyl sites for hydroxylation is 1. The van der Waals surface area contributed by atoms with Gasteiger partial charge >= 0.3 is 5.76 Å². The molecule has 3 rings (SSSR count). The number of nitrogens with zero attached hydrogens (tertiary/aromatic N) is 2. The Morgan fingerprint density at radius 1 is 1.22 bits per heavy atom. The molecule has 1 aromatic heterocycles. The molecular formula is C21H21ClN4O6. The molecule has 0 saturated heterocycles. The first-order chi connectivity index (χ1) is 15.2. The van der Waals surface area contributed by atoms with Crippen molar-refractivity contribution in [2.75, 3.05) is 5.32 Å². The Kier molecular flexibility index (Phi) is 6.94. The number of nitro benzene ring substituents is 1. The zero-order chi connectivity index (χ0) is 23.4. The lowest BCUT2D eigenvalue weighted by Gasteiger charge is -2.11. The molecule has 1 heterocycles. The van der Waals surface area contributed by atoms with Gasteiger partial charge in [-0.1, -0.05) is 11.6 Å². The number of hydrogen-bond acceptors (Lipinski definition) is 6. The smallest absolute Gasteiger partial charge is 0.407 e. The van der Waals surface area contributed by atoms with E-state index >= 15 is 0 Å². The van der Waals surface area contributed by atoms with Crippen molar-refractivity contribution in [2.45, 2.75) is 39.3 Å². The van der Waals surface area contributed by atoms with E-state index in [0.717, 1.165) is 0 Å². The highest BCUT2D eigenvalue weighted by Gasteiger charge is 2.15. The molecule has 0 aliphatic rings. The molecule has 0 radical (unpaired) electrons. The van der Waals surface area contributed by atoms with Crippen LogP contribution in [0.1, 0.15) is 37.0 Å². The highest BCUT2D eigenvalue weighted by atomic mass is 35.5. The predicted molar refractivity (Wildman–Crippen MR) is 119 cm³/mol. The SMILES string of the molecule is CC(C)NC(=O)c1ccc(Cl)c(NC(=O)CCCn2c(=O)oc3cc([N+](=O)[O-])ccc32)c1. The molecule has 0 aliphatic heterocycles. The van der Waals surface area contributed by atoms with E-state index in [1.807, 2.05) is 13.8 Å². The maximum absolute atomic E-state index is 12.4. The average molecular weight is 461 g/mol. The number of nitro groups is 1. The first-order valence-corrected chi connectivity index (χ1v) is 10.2. The summed E-state index contributed by atoms with van der Waals surface area (Å²) in [5, 5.41) is 16.6. The number of carbonyl (C=O) groups excluding carboxylic acids is 2. The van der Waals surface area contributed by atoms with Crippen LogP contribution in [0.15, 0.2) is 45.6 Å². The molecule has 2 aromatic carbocycles. The Hall–Kier alpha value is -3.66. The van der Waals surface area contributed by atoms with E-state index in [1.165, 1.54) is 34.9 Å². The van der Waals surface area contributed by atoms with Gasteiger partial charge in [-0.3, -0.25) is 24.3 Å². The second-order valence-corrected chi connectivity index (χ2v) is 7.81. The van der Waals surface area contributed by atoms with Crippen LogP contribution < -0.4 is 16.4 Å².